The van der Waals surface area contributed by atoms with Gasteiger partial charge in [0.25, 0.3) is 0 Å². The van der Waals surface area contributed by atoms with E-state index in [2.05, 4.69) is 5.32 Å². The highest BCUT2D eigenvalue weighted by atomic mass is 32.2. The monoisotopic (exact) mass is 310 g/mol. The summed E-state index contributed by atoms with van der Waals surface area (Å²) in [7, 11) is -1.06. The van der Waals surface area contributed by atoms with E-state index in [-0.39, 0.29) is 12.6 Å². The van der Waals surface area contributed by atoms with E-state index in [4.69, 9.17) is 5.11 Å². The van der Waals surface area contributed by atoms with Crippen LogP contribution in [-0.4, -0.2) is 45.7 Å². The molecule has 1 aromatic rings. The highest BCUT2D eigenvalue weighted by molar-refractivity contribution is 7.84. The summed E-state index contributed by atoms with van der Waals surface area (Å²) < 4.78 is 11.5. The van der Waals surface area contributed by atoms with Crippen molar-refractivity contribution >= 4 is 22.5 Å². The standard InChI is InChI=1S/C15H22N2O3S/c1-21(20)14-6-4-5-12(11-14)16-15(19)17(13-7-8-13)9-2-3-10-18/h4-6,11,13,18H,2-3,7-10H2,1H3,(H,16,19). The van der Waals surface area contributed by atoms with Crippen LogP contribution < -0.4 is 5.32 Å². The molecule has 21 heavy (non-hydrogen) atoms. The minimum Gasteiger partial charge on any atom is -0.396 e. The second kappa shape index (κ2) is 7.56. The van der Waals surface area contributed by atoms with Gasteiger partial charge in [0.05, 0.1) is 0 Å². The van der Waals surface area contributed by atoms with Crippen molar-refractivity contribution in [2.24, 2.45) is 0 Å². The van der Waals surface area contributed by atoms with E-state index in [9.17, 15) is 9.00 Å². The number of aliphatic hydroxyl groups excluding tert-OH is 1. The SMILES string of the molecule is CS(=O)c1cccc(NC(=O)N(CCCCO)C2CC2)c1. The summed E-state index contributed by atoms with van der Waals surface area (Å²) in [6.07, 6.45) is 5.23. The second-order valence-corrected chi connectivity index (χ2v) is 6.65. The number of unbranched alkanes of at least 4 members (excludes halogenated alkanes) is 1. The quantitative estimate of drug-likeness (QED) is 0.759. The van der Waals surface area contributed by atoms with Crippen molar-refractivity contribution in [1.82, 2.24) is 4.90 Å². The molecule has 1 aliphatic rings. The zero-order valence-corrected chi connectivity index (χ0v) is 13.1. The minimum atomic E-state index is -1.06. The van der Waals surface area contributed by atoms with Crippen LogP contribution in [0, 0.1) is 0 Å². The Hall–Kier alpha value is -1.40. The second-order valence-electron chi connectivity index (χ2n) is 5.27. The lowest BCUT2D eigenvalue weighted by Gasteiger charge is -2.22. The molecule has 2 amide bonds. The predicted octanol–water partition coefficient (Wildman–Crippen LogP) is 2.19. The summed E-state index contributed by atoms with van der Waals surface area (Å²) in [5.41, 5.74) is 0.667. The Morgan fingerprint density at radius 3 is 2.81 bits per heavy atom. The van der Waals surface area contributed by atoms with Gasteiger partial charge in [0.15, 0.2) is 0 Å². The number of aliphatic hydroxyl groups is 1. The smallest absolute Gasteiger partial charge is 0.322 e. The molecule has 1 aromatic carbocycles. The number of urea groups is 1. The number of anilines is 1. The molecule has 1 aliphatic carbocycles. The van der Waals surface area contributed by atoms with Crippen molar-refractivity contribution in [3.05, 3.63) is 24.3 Å². The Balaban J connectivity index is 1.97. The number of carbonyl (C=O) groups excluding carboxylic acids is 1. The van der Waals surface area contributed by atoms with Gasteiger partial charge in [-0.2, -0.15) is 0 Å². The van der Waals surface area contributed by atoms with Crippen molar-refractivity contribution in [2.45, 2.75) is 36.6 Å². The lowest BCUT2D eigenvalue weighted by Crippen LogP contribution is -2.37. The van der Waals surface area contributed by atoms with Gasteiger partial charge in [-0.1, -0.05) is 6.07 Å². The molecule has 1 saturated carbocycles. The maximum atomic E-state index is 12.3. The molecule has 0 heterocycles. The maximum absolute atomic E-state index is 12.3. The van der Waals surface area contributed by atoms with Crippen molar-refractivity contribution in [1.29, 1.82) is 0 Å². The Bertz CT molecular complexity index is 517. The van der Waals surface area contributed by atoms with Crippen LogP contribution in [0.2, 0.25) is 0 Å². The fraction of sp³-hybridized carbons (Fsp3) is 0.533. The molecule has 5 nitrogen and oxygen atoms in total. The summed E-state index contributed by atoms with van der Waals surface area (Å²) in [5.74, 6) is 0. The van der Waals surface area contributed by atoms with Gasteiger partial charge in [-0.3, -0.25) is 4.21 Å². The molecular formula is C15H22N2O3S. The van der Waals surface area contributed by atoms with E-state index in [1.165, 1.54) is 0 Å². The van der Waals surface area contributed by atoms with Crippen LogP contribution in [0.15, 0.2) is 29.2 Å². The van der Waals surface area contributed by atoms with Gasteiger partial charge in [-0.15, -0.1) is 0 Å². The first-order valence-corrected chi connectivity index (χ1v) is 8.79. The topological polar surface area (TPSA) is 69.6 Å². The first-order valence-electron chi connectivity index (χ1n) is 7.24. The molecule has 1 fully saturated rings. The number of rotatable bonds is 7. The molecule has 6 heteroatoms. The van der Waals surface area contributed by atoms with Crippen LogP contribution in [0.4, 0.5) is 10.5 Å². The van der Waals surface area contributed by atoms with Gasteiger partial charge in [0.1, 0.15) is 0 Å². The molecule has 1 unspecified atom stereocenters. The Labute approximate surface area is 127 Å². The highest BCUT2D eigenvalue weighted by Gasteiger charge is 2.32. The lowest BCUT2D eigenvalue weighted by molar-refractivity contribution is 0.204. The Morgan fingerprint density at radius 1 is 1.43 bits per heavy atom. The van der Waals surface area contributed by atoms with E-state index in [1.54, 1.807) is 30.5 Å². The van der Waals surface area contributed by atoms with Crippen molar-refractivity contribution in [3.63, 3.8) is 0 Å². The third-order valence-corrected chi connectivity index (χ3v) is 4.39. The normalized spacial score (nSPS) is 15.5. The number of benzene rings is 1. The van der Waals surface area contributed by atoms with Gasteiger partial charge < -0.3 is 15.3 Å². The molecule has 0 radical (unpaired) electrons. The van der Waals surface area contributed by atoms with Crippen molar-refractivity contribution in [2.75, 3.05) is 24.7 Å². The molecular weight excluding hydrogens is 288 g/mol. The van der Waals surface area contributed by atoms with Gasteiger partial charge in [-0.25, -0.2) is 4.79 Å². The third-order valence-electron chi connectivity index (χ3n) is 3.47. The largest absolute Gasteiger partial charge is 0.396 e. The number of carbonyl (C=O) groups is 1. The first kappa shape index (κ1) is 16.0. The summed E-state index contributed by atoms with van der Waals surface area (Å²) in [6.45, 7) is 0.820. The number of amides is 2. The van der Waals surface area contributed by atoms with Crippen LogP contribution >= 0.6 is 0 Å². The summed E-state index contributed by atoms with van der Waals surface area (Å²) in [5, 5.41) is 11.7. The van der Waals surface area contributed by atoms with Crippen LogP contribution in [-0.2, 0) is 10.8 Å². The lowest BCUT2D eigenvalue weighted by atomic mass is 10.3. The third kappa shape index (κ3) is 4.82. The number of hydrogen-bond acceptors (Lipinski definition) is 3. The average Bonchev–Trinajstić information content (AvgIpc) is 3.28. The van der Waals surface area contributed by atoms with E-state index in [1.807, 2.05) is 4.90 Å². The van der Waals surface area contributed by atoms with Crippen molar-refractivity contribution < 1.29 is 14.1 Å². The minimum absolute atomic E-state index is 0.116. The maximum Gasteiger partial charge on any atom is 0.322 e. The van der Waals surface area contributed by atoms with E-state index in [0.717, 1.165) is 19.3 Å². The van der Waals surface area contributed by atoms with Crippen LogP contribution in [0.1, 0.15) is 25.7 Å². The zero-order valence-electron chi connectivity index (χ0n) is 12.2. The fourth-order valence-electron chi connectivity index (χ4n) is 2.18. The molecule has 116 valence electrons. The number of hydrogen-bond donors (Lipinski definition) is 2. The van der Waals surface area contributed by atoms with Crippen LogP contribution in [0.25, 0.3) is 0 Å². The van der Waals surface area contributed by atoms with E-state index >= 15 is 0 Å². The van der Waals surface area contributed by atoms with Crippen LogP contribution in [0.3, 0.4) is 0 Å². The molecule has 0 saturated heterocycles. The highest BCUT2D eigenvalue weighted by Crippen LogP contribution is 2.28. The fourth-order valence-corrected chi connectivity index (χ4v) is 2.74. The molecule has 2 N–H and O–H groups in total. The average molecular weight is 310 g/mol. The van der Waals surface area contributed by atoms with Gasteiger partial charge in [0, 0.05) is 46.8 Å². The molecule has 0 aliphatic heterocycles. The summed E-state index contributed by atoms with van der Waals surface area (Å²) >= 11 is 0. The molecule has 2 rings (SSSR count). The predicted molar refractivity (Wildman–Crippen MR) is 83.8 cm³/mol. The molecule has 0 aromatic heterocycles. The number of nitrogens with one attached hydrogen (secondary N) is 1. The molecule has 0 spiro atoms. The summed E-state index contributed by atoms with van der Waals surface area (Å²) in [6, 6.07) is 7.33. The molecule has 0 bridgehead atoms. The van der Waals surface area contributed by atoms with E-state index < -0.39 is 10.8 Å². The Morgan fingerprint density at radius 2 is 2.19 bits per heavy atom. The van der Waals surface area contributed by atoms with Crippen molar-refractivity contribution in [3.8, 4) is 0 Å². The Kier molecular flexibility index (Phi) is 5.76. The van der Waals surface area contributed by atoms with Gasteiger partial charge in [0.2, 0.25) is 0 Å². The number of nitrogens with zero attached hydrogens (tertiary/aromatic N) is 1. The van der Waals surface area contributed by atoms with Gasteiger partial charge >= 0.3 is 6.03 Å². The first-order chi connectivity index (χ1) is 10.1. The van der Waals surface area contributed by atoms with E-state index in [0.29, 0.717) is 29.6 Å². The molecule has 1 atom stereocenters. The van der Waals surface area contributed by atoms with Crippen LogP contribution in [0.5, 0.6) is 0 Å². The zero-order chi connectivity index (χ0) is 15.2. The summed E-state index contributed by atoms with van der Waals surface area (Å²) in [4.78, 5) is 14.9. The van der Waals surface area contributed by atoms with Gasteiger partial charge in [-0.05, 0) is 43.9 Å².